The Kier molecular flexibility index (Phi) is 4.65. The second kappa shape index (κ2) is 8.12. The Hall–Kier alpha value is -2.68. The highest BCUT2D eigenvalue weighted by atomic mass is 15.0. The Morgan fingerprint density at radius 1 is 0.465 bits per heavy atom. The number of rotatable bonds is 0. The molecule has 4 fully saturated rings. The van der Waals surface area contributed by atoms with Crippen LogP contribution in [-0.2, 0) is 21.7 Å². The molecule has 43 heavy (non-hydrogen) atoms. The van der Waals surface area contributed by atoms with Crippen molar-refractivity contribution >= 4 is 38.1 Å². The van der Waals surface area contributed by atoms with Gasteiger partial charge in [0, 0.05) is 32.4 Å². The number of fused-ring (bicyclic) bond motifs is 14. The minimum absolute atomic E-state index is 0.330. The van der Waals surface area contributed by atoms with E-state index in [4.69, 9.17) is 9.97 Å². The summed E-state index contributed by atoms with van der Waals surface area (Å²) >= 11 is 0. The molecule has 11 rings (SSSR count). The van der Waals surface area contributed by atoms with Gasteiger partial charge in [-0.2, -0.15) is 0 Å². The molecular weight excluding hydrogens is 522 g/mol. The normalized spacial score (nSPS) is 26.4. The third-order valence-corrected chi connectivity index (χ3v) is 14.9. The number of pyridine rings is 2. The number of nitrogens with zero attached hydrogens (tertiary/aromatic N) is 3. The molecule has 0 aliphatic heterocycles. The fraction of sp³-hybridized carbons (Fsp3) is 0.600. The van der Waals surface area contributed by atoms with E-state index in [1.54, 1.807) is 21.9 Å². The van der Waals surface area contributed by atoms with Crippen LogP contribution in [0.4, 0.5) is 0 Å². The van der Waals surface area contributed by atoms with Crippen LogP contribution in [0.1, 0.15) is 151 Å². The van der Waals surface area contributed by atoms with Crippen molar-refractivity contribution in [3.05, 3.63) is 53.1 Å². The van der Waals surface area contributed by atoms with Gasteiger partial charge in [0.15, 0.2) is 0 Å². The maximum absolute atomic E-state index is 5.58. The summed E-state index contributed by atoms with van der Waals surface area (Å²) in [7, 11) is 0. The highest BCUT2D eigenvalue weighted by molar-refractivity contribution is 6.24. The Morgan fingerprint density at radius 3 is 1.26 bits per heavy atom. The van der Waals surface area contributed by atoms with E-state index < -0.39 is 0 Å². The third-order valence-electron chi connectivity index (χ3n) is 14.9. The van der Waals surface area contributed by atoms with Crippen LogP contribution in [0.2, 0.25) is 0 Å². The summed E-state index contributed by atoms with van der Waals surface area (Å²) in [6, 6.07) is 7.36. The summed E-state index contributed by atoms with van der Waals surface area (Å²) in [6.45, 7) is 0. The van der Waals surface area contributed by atoms with Gasteiger partial charge < -0.3 is 4.40 Å². The summed E-state index contributed by atoms with van der Waals surface area (Å²) in [5.74, 6) is 0. The number of hydrogen-bond donors (Lipinski definition) is 0. The highest BCUT2D eigenvalue weighted by Gasteiger charge is 2.53. The van der Waals surface area contributed by atoms with E-state index in [1.807, 2.05) is 0 Å². The number of para-hydroxylation sites is 1. The lowest BCUT2D eigenvalue weighted by Gasteiger charge is -2.45. The molecule has 0 bridgehead atoms. The molecule has 0 radical (unpaired) electrons. The predicted molar refractivity (Wildman–Crippen MR) is 176 cm³/mol. The first-order chi connectivity index (χ1) is 21.2. The first-order valence-corrected chi connectivity index (χ1v) is 18.2. The van der Waals surface area contributed by atoms with Gasteiger partial charge in [0.2, 0.25) is 0 Å². The van der Waals surface area contributed by atoms with Crippen molar-refractivity contribution in [1.82, 2.24) is 14.4 Å². The molecule has 4 spiro atoms. The minimum atomic E-state index is 0.330. The van der Waals surface area contributed by atoms with Crippen molar-refractivity contribution in [2.75, 3.05) is 0 Å². The van der Waals surface area contributed by atoms with E-state index in [0.29, 0.717) is 21.7 Å². The fourth-order valence-electron chi connectivity index (χ4n) is 12.9. The quantitative estimate of drug-likeness (QED) is 0.186. The smallest absolute Gasteiger partial charge is 0.0728 e. The molecular formula is C40H45N3. The SMILES string of the molecule is c1cc2c3c4c(ncc3n3c5cnc6c(c5c(c1)c23)C1(CCCC1)CCC61CCCC1)C1(CCCC1)CCC41CCCC1. The molecule has 3 nitrogen and oxygen atoms in total. The van der Waals surface area contributed by atoms with E-state index in [2.05, 4.69) is 35.0 Å². The van der Waals surface area contributed by atoms with Crippen LogP contribution >= 0.6 is 0 Å². The van der Waals surface area contributed by atoms with Gasteiger partial charge in [-0.15, -0.1) is 0 Å². The highest BCUT2D eigenvalue weighted by Crippen LogP contribution is 2.62. The van der Waals surface area contributed by atoms with Crippen molar-refractivity contribution in [3.8, 4) is 0 Å². The average Bonchev–Trinajstić information content (AvgIpc) is 3.89. The molecule has 6 aliphatic rings. The molecule has 4 aromatic heterocycles. The van der Waals surface area contributed by atoms with Gasteiger partial charge in [-0.1, -0.05) is 69.6 Å². The summed E-state index contributed by atoms with van der Waals surface area (Å²) < 4.78 is 2.66. The van der Waals surface area contributed by atoms with Crippen molar-refractivity contribution in [1.29, 1.82) is 0 Å². The van der Waals surface area contributed by atoms with Gasteiger partial charge in [0.05, 0.1) is 40.3 Å². The maximum atomic E-state index is 5.58. The van der Waals surface area contributed by atoms with Gasteiger partial charge in [-0.25, -0.2) is 0 Å². The number of benzene rings is 1. The van der Waals surface area contributed by atoms with Crippen LogP contribution < -0.4 is 0 Å². The van der Waals surface area contributed by atoms with Crippen LogP contribution in [-0.4, -0.2) is 14.4 Å². The average molecular weight is 568 g/mol. The lowest BCUT2D eigenvalue weighted by molar-refractivity contribution is 0.265. The molecule has 220 valence electrons. The largest absolute Gasteiger partial charge is 0.305 e. The molecule has 5 aromatic rings. The predicted octanol–water partition coefficient (Wildman–Crippen LogP) is 10.5. The zero-order valence-corrected chi connectivity index (χ0v) is 25.9. The molecule has 0 N–H and O–H groups in total. The topological polar surface area (TPSA) is 30.2 Å². The molecule has 1 aromatic carbocycles. The zero-order valence-electron chi connectivity index (χ0n) is 25.9. The van der Waals surface area contributed by atoms with Gasteiger partial charge >= 0.3 is 0 Å². The molecule has 6 aliphatic carbocycles. The van der Waals surface area contributed by atoms with Crippen LogP contribution in [0.5, 0.6) is 0 Å². The Bertz CT molecular complexity index is 1810. The van der Waals surface area contributed by atoms with Crippen molar-refractivity contribution in [2.45, 2.75) is 150 Å². The minimum Gasteiger partial charge on any atom is -0.305 e. The summed E-state index contributed by atoms with van der Waals surface area (Å²) in [6.07, 6.45) is 32.0. The van der Waals surface area contributed by atoms with Crippen LogP contribution in [0.3, 0.4) is 0 Å². The standard InChI is InChI=1S/C40H45N3/c1-2-13-37(12-1)20-22-39(16-5-6-17-39)35-32(37)30-26-10-9-11-27-31-29(43(34(26)27)28(30)24-41-35)25-42-36-33(31)38(14-3-4-15-38)21-23-40(36)18-7-8-19-40/h9-11,24-25H,1-8,12-23H2. The lowest BCUT2D eigenvalue weighted by Crippen LogP contribution is -2.39. The Labute approximate surface area is 255 Å². The number of aromatic nitrogens is 3. The van der Waals surface area contributed by atoms with Crippen LogP contribution in [0.15, 0.2) is 30.6 Å². The second-order valence-electron chi connectivity index (χ2n) is 16.5. The Morgan fingerprint density at radius 2 is 0.837 bits per heavy atom. The maximum Gasteiger partial charge on any atom is 0.0728 e. The monoisotopic (exact) mass is 567 g/mol. The first-order valence-electron chi connectivity index (χ1n) is 18.2. The first kappa shape index (κ1) is 24.6. The second-order valence-corrected chi connectivity index (χ2v) is 16.5. The van der Waals surface area contributed by atoms with E-state index in [-0.39, 0.29) is 0 Å². The summed E-state index contributed by atoms with van der Waals surface area (Å²) in [5.41, 5.74) is 12.0. The molecule has 0 saturated heterocycles. The Balaban J connectivity index is 1.28. The zero-order chi connectivity index (χ0) is 28.0. The van der Waals surface area contributed by atoms with Gasteiger partial charge in [-0.05, 0) is 99.0 Å². The fourth-order valence-corrected chi connectivity index (χ4v) is 12.9. The van der Waals surface area contributed by atoms with Gasteiger partial charge in [0.1, 0.15) is 0 Å². The molecule has 0 amide bonds. The summed E-state index contributed by atoms with van der Waals surface area (Å²) in [5, 5.41) is 6.15. The lowest BCUT2D eigenvalue weighted by atomic mass is 9.60. The molecule has 0 atom stereocenters. The third kappa shape index (κ3) is 2.82. The van der Waals surface area contributed by atoms with Gasteiger partial charge in [0.25, 0.3) is 0 Å². The molecule has 3 heteroatoms. The van der Waals surface area contributed by atoms with E-state index in [9.17, 15) is 0 Å². The van der Waals surface area contributed by atoms with Crippen molar-refractivity contribution < 1.29 is 0 Å². The van der Waals surface area contributed by atoms with Crippen LogP contribution in [0.25, 0.3) is 38.1 Å². The van der Waals surface area contributed by atoms with Gasteiger partial charge in [-0.3, -0.25) is 9.97 Å². The van der Waals surface area contributed by atoms with E-state index in [1.165, 1.54) is 167 Å². The van der Waals surface area contributed by atoms with Crippen LogP contribution in [0, 0.1) is 0 Å². The van der Waals surface area contributed by atoms with E-state index in [0.717, 1.165) is 0 Å². The summed E-state index contributed by atoms with van der Waals surface area (Å²) in [4.78, 5) is 11.2. The van der Waals surface area contributed by atoms with Crippen molar-refractivity contribution in [3.63, 3.8) is 0 Å². The molecule has 4 saturated carbocycles. The number of hydrogen-bond acceptors (Lipinski definition) is 2. The van der Waals surface area contributed by atoms with Crippen molar-refractivity contribution in [2.24, 2.45) is 0 Å². The molecule has 0 unspecified atom stereocenters. The molecule has 4 heterocycles. The van der Waals surface area contributed by atoms with E-state index >= 15 is 0 Å².